The third-order valence-electron chi connectivity index (χ3n) is 5.81. The first-order valence-corrected chi connectivity index (χ1v) is 8.66. The van der Waals surface area contributed by atoms with Crippen LogP contribution in [0.1, 0.15) is 32.1 Å². The molecule has 1 amide bonds. The summed E-state index contributed by atoms with van der Waals surface area (Å²) in [5.41, 5.74) is -0.384. The van der Waals surface area contributed by atoms with Crippen LogP contribution in [0.15, 0.2) is 23.3 Å². The lowest BCUT2D eigenvalue weighted by Gasteiger charge is -2.50. The maximum atomic E-state index is 12.4. The summed E-state index contributed by atoms with van der Waals surface area (Å²) >= 11 is 0. The van der Waals surface area contributed by atoms with Gasteiger partial charge in [0, 0.05) is 36.9 Å². The van der Waals surface area contributed by atoms with Gasteiger partial charge in [-0.1, -0.05) is 25.7 Å². The lowest BCUT2D eigenvalue weighted by Crippen LogP contribution is -2.63. The van der Waals surface area contributed by atoms with Crippen LogP contribution in [0.4, 0.5) is 0 Å². The monoisotopic (exact) mass is 317 g/mol. The zero-order valence-corrected chi connectivity index (χ0v) is 13.2. The lowest BCUT2D eigenvalue weighted by atomic mass is 9.61. The highest BCUT2D eigenvalue weighted by molar-refractivity contribution is 5.76. The van der Waals surface area contributed by atoms with Gasteiger partial charge in [-0.05, 0) is 18.4 Å². The van der Waals surface area contributed by atoms with Gasteiger partial charge in [0.25, 0.3) is 0 Å². The van der Waals surface area contributed by atoms with Gasteiger partial charge in [0.1, 0.15) is 6.54 Å². The first-order chi connectivity index (χ1) is 11.2. The number of carbonyl (C=O) groups excluding carboxylic acids is 1. The Morgan fingerprint density at radius 3 is 2.96 bits per heavy atom. The molecule has 0 bridgehead atoms. The molecule has 23 heavy (non-hydrogen) atoms. The predicted molar refractivity (Wildman–Crippen MR) is 83.7 cm³/mol. The Morgan fingerprint density at radius 2 is 2.17 bits per heavy atom. The average Bonchev–Trinajstić information content (AvgIpc) is 3.18. The second-order valence-electron chi connectivity index (χ2n) is 7.03. The molecule has 4 unspecified atom stereocenters. The SMILES string of the molecule is O=C(Cn1cccnc1=O)NC1C2CCOC2C1C1CCCC1. The number of nitrogens with zero attached hydrogens (tertiary/aromatic N) is 2. The highest BCUT2D eigenvalue weighted by atomic mass is 16.5. The van der Waals surface area contributed by atoms with E-state index < -0.39 is 0 Å². The van der Waals surface area contributed by atoms with E-state index in [1.54, 1.807) is 12.3 Å². The van der Waals surface area contributed by atoms with Crippen molar-refractivity contribution < 1.29 is 9.53 Å². The van der Waals surface area contributed by atoms with Gasteiger partial charge in [-0.15, -0.1) is 0 Å². The van der Waals surface area contributed by atoms with E-state index in [9.17, 15) is 9.59 Å². The van der Waals surface area contributed by atoms with E-state index in [0.29, 0.717) is 23.9 Å². The van der Waals surface area contributed by atoms with E-state index in [2.05, 4.69) is 10.3 Å². The number of hydrogen-bond donors (Lipinski definition) is 1. The van der Waals surface area contributed by atoms with Gasteiger partial charge in [-0.3, -0.25) is 9.36 Å². The van der Waals surface area contributed by atoms with E-state index >= 15 is 0 Å². The molecule has 0 aromatic carbocycles. The number of ether oxygens (including phenoxy) is 1. The summed E-state index contributed by atoms with van der Waals surface area (Å²) in [4.78, 5) is 27.7. The van der Waals surface area contributed by atoms with Crippen molar-refractivity contribution >= 4 is 5.91 Å². The molecule has 4 rings (SSSR count). The number of aromatic nitrogens is 2. The average molecular weight is 317 g/mol. The standard InChI is InChI=1S/C17H23N3O3/c21-13(10-20-8-3-7-18-17(20)22)19-15-12-6-9-23-16(12)14(15)11-4-1-2-5-11/h3,7-8,11-12,14-16H,1-2,4-6,9-10H2,(H,19,21). The van der Waals surface area contributed by atoms with Gasteiger partial charge >= 0.3 is 5.69 Å². The molecule has 2 aliphatic carbocycles. The van der Waals surface area contributed by atoms with Crippen LogP contribution < -0.4 is 11.0 Å². The normalized spacial score (nSPS) is 33.2. The molecular weight excluding hydrogens is 294 g/mol. The maximum absolute atomic E-state index is 12.4. The molecule has 6 nitrogen and oxygen atoms in total. The fourth-order valence-electron chi connectivity index (χ4n) is 4.75. The fourth-order valence-corrected chi connectivity index (χ4v) is 4.75. The van der Waals surface area contributed by atoms with E-state index in [1.165, 1.54) is 36.4 Å². The third-order valence-corrected chi connectivity index (χ3v) is 5.81. The molecule has 3 aliphatic rings. The lowest BCUT2D eigenvalue weighted by molar-refractivity contribution is -0.130. The Balaban J connectivity index is 1.43. The topological polar surface area (TPSA) is 73.2 Å². The van der Waals surface area contributed by atoms with Crippen LogP contribution in [-0.4, -0.2) is 34.2 Å². The minimum absolute atomic E-state index is 0.0405. The Labute approximate surface area is 135 Å². The van der Waals surface area contributed by atoms with Crippen molar-refractivity contribution in [2.45, 2.75) is 50.8 Å². The highest BCUT2D eigenvalue weighted by Crippen LogP contribution is 2.51. The van der Waals surface area contributed by atoms with Crippen LogP contribution >= 0.6 is 0 Å². The van der Waals surface area contributed by atoms with Gasteiger partial charge in [0.05, 0.1) is 6.10 Å². The largest absolute Gasteiger partial charge is 0.377 e. The Hall–Kier alpha value is -1.69. The van der Waals surface area contributed by atoms with Gasteiger partial charge in [-0.2, -0.15) is 0 Å². The predicted octanol–water partition coefficient (Wildman–Crippen LogP) is 0.953. The molecule has 4 atom stereocenters. The summed E-state index contributed by atoms with van der Waals surface area (Å²) in [6, 6.07) is 1.88. The molecule has 1 aromatic rings. The quantitative estimate of drug-likeness (QED) is 0.897. The zero-order valence-electron chi connectivity index (χ0n) is 13.2. The number of rotatable bonds is 4. The van der Waals surface area contributed by atoms with Crippen molar-refractivity contribution in [1.82, 2.24) is 14.9 Å². The van der Waals surface area contributed by atoms with Gasteiger partial charge in [0.15, 0.2) is 0 Å². The van der Waals surface area contributed by atoms with Crippen molar-refractivity contribution in [2.24, 2.45) is 17.8 Å². The summed E-state index contributed by atoms with van der Waals surface area (Å²) in [6.45, 7) is 0.853. The van der Waals surface area contributed by atoms with Crippen molar-refractivity contribution in [3.63, 3.8) is 0 Å². The molecule has 124 valence electrons. The minimum Gasteiger partial charge on any atom is -0.377 e. The van der Waals surface area contributed by atoms with Crippen molar-refractivity contribution in [2.75, 3.05) is 6.61 Å². The summed E-state index contributed by atoms with van der Waals surface area (Å²) in [6.07, 6.45) is 9.52. The Bertz CT molecular complexity index is 633. The third kappa shape index (κ3) is 2.69. The smallest absolute Gasteiger partial charge is 0.347 e. The minimum atomic E-state index is -0.384. The summed E-state index contributed by atoms with van der Waals surface area (Å²) in [5.74, 6) is 1.49. The molecule has 6 heteroatoms. The molecule has 0 spiro atoms. The van der Waals surface area contributed by atoms with Gasteiger partial charge < -0.3 is 10.1 Å². The number of carbonyl (C=O) groups is 1. The molecule has 1 aliphatic heterocycles. The van der Waals surface area contributed by atoms with Crippen LogP contribution in [0.5, 0.6) is 0 Å². The van der Waals surface area contributed by atoms with E-state index in [0.717, 1.165) is 13.0 Å². The second-order valence-corrected chi connectivity index (χ2v) is 7.03. The van der Waals surface area contributed by atoms with Crippen molar-refractivity contribution in [3.05, 3.63) is 28.9 Å². The van der Waals surface area contributed by atoms with Crippen LogP contribution in [0.3, 0.4) is 0 Å². The second kappa shape index (κ2) is 6.07. The van der Waals surface area contributed by atoms with E-state index in [1.807, 2.05) is 0 Å². The molecular formula is C17H23N3O3. The molecule has 1 N–H and O–H groups in total. The Morgan fingerprint density at radius 1 is 1.35 bits per heavy atom. The zero-order chi connectivity index (χ0) is 15.8. The molecule has 1 saturated heterocycles. The number of fused-ring (bicyclic) bond motifs is 1. The van der Waals surface area contributed by atoms with Crippen LogP contribution in [0.25, 0.3) is 0 Å². The highest BCUT2D eigenvalue weighted by Gasteiger charge is 2.56. The molecule has 1 aromatic heterocycles. The van der Waals surface area contributed by atoms with Crippen LogP contribution in [-0.2, 0) is 16.1 Å². The van der Waals surface area contributed by atoms with Gasteiger partial charge in [-0.25, -0.2) is 9.78 Å². The molecule has 0 radical (unpaired) electrons. The van der Waals surface area contributed by atoms with E-state index in [-0.39, 0.29) is 24.2 Å². The maximum Gasteiger partial charge on any atom is 0.347 e. The molecule has 3 fully saturated rings. The number of hydrogen-bond acceptors (Lipinski definition) is 4. The summed E-state index contributed by atoms with van der Waals surface area (Å²) in [5, 5.41) is 3.18. The number of nitrogens with one attached hydrogen (secondary N) is 1. The molecule has 2 saturated carbocycles. The summed E-state index contributed by atoms with van der Waals surface area (Å²) < 4.78 is 7.26. The van der Waals surface area contributed by atoms with Gasteiger partial charge in [0.2, 0.25) is 5.91 Å². The van der Waals surface area contributed by atoms with Crippen molar-refractivity contribution in [3.8, 4) is 0 Å². The first-order valence-electron chi connectivity index (χ1n) is 8.66. The summed E-state index contributed by atoms with van der Waals surface area (Å²) in [7, 11) is 0. The van der Waals surface area contributed by atoms with Crippen molar-refractivity contribution in [1.29, 1.82) is 0 Å². The number of amides is 1. The van der Waals surface area contributed by atoms with Crippen LogP contribution in [0, 0.1) is 17.8 Å². The fraction of sp³-hybridized carbons (Fsp3) is 0.706. The molecule has 2 heterocycles. The first kappa shape index (κ1) is 14.9. The van der Waals surface area contributed by atoms with E-state index in [4.69, 9.17) is 4.74 Å². The van der Waals surface area contributed by atoms with Crippen LogP contribution in [0.2, 0.25) is 0 Å². The Kier molecular flexibility index (Phi) is 3.93.